The third kappa shape index (κ3) is 4.30. The summed E-state index contributed by atoms with van der Waals surface area (Å²) < 4.78 is 14.7. The lowest BCUT2D eigenvalue weighted by molar-refractivity contribution is 0.224. The van der Waals surface area contributed by atoms with Crippen LogP contribution in [-0.4, -0.2) is 11.7 Å². The molecule has 0 aromatic heterocycles. The van der Waals surface area contributed by atoms with Crippen LogP contribution < -0.4 is 0 Å². The average Bonchev–Trinajstić information content (AvgIpc) is 2.42. The predicted octanol–water partition coefficient (Wildman–Crippen LogP) is 4.64. The fourth-order valence-corrected chi connectivity index (χ4v) is 2.85. The first-order valence-electron chi connectivity index (χ1n) is 6.37. The summed E-state index contributed by atoms with van der Waals surface area (Å²) in [4.78, 5) is 0. The van der Waals surface area contributed by atoms with Crippen molar-refractivity contribution >= 4 is 27.5 Å². The second-order valence-corrected chi connectivity index (χ2v) is 6.17. The van der Waals surface area contributed by atoms with Gasteiger partial charge < -0.3 is 5.11 Å². The van der Waals surface area contributed by atoms with Crippen LogP contribution in [0.15, 0.2) is 46.9 Å². The minimum Gasteiger partial charge on any atom is -0.396 e. The highest BCUT2D eigenvalue weighted by molar-refractivity contribution is 9.10. The molecule has 4 heteroatoms. The van der Waals surface area contributed by atoms with Crippen LogP contribution in [0, 0.1) is 11.7 Å². The number of rotatable bonds is 5. The third-order valence-corrected chi connectivity index (χ3v) is 3.92. The van der Waals surface area contributed by atoms with Gasteiger partial charge >= 0.3 is 0 Å². The maximum atomic E-state index is 13.7. The van der Waals surface area contributed by atoms with Gasteiger partial charge in [0.15, 0.2) is 0 Å². The summed E-state index contributed by atoms with van der Waals surface area (Å²) in [6, 6.07) is 12.4. The molecular formula is C16H15BrClFO. The van der Waals surface area contributed by atoms with Crippen LogP contribution in [0.2, 0.25) is 5.02 Å². The molecule has 0 fully saturated rings. The average molecular weight is 358 g/mol. The van der Waals surface area contributed by atoms with Gasteiger partial charge in [-0.05, 0) is 60.2 Å². The Labute approximate surface area is 131 Å². The van der Waals surface area contributed by atoms with Crippen molar-refractivity contribution in [1.82, 2.24) is 0 Å². The Balaban J connectivity index is 2.11. The number of hydrogen-bond acceptors (Lipinski definition) is 1. The van der Waals surface area contributed by atoms with Crippen molar-refractivity contribution in [3.05, 3.63) is 68.9 Å². The van der Waals surface area contributed by atoms with E-state index in [1.54, 1.807) is 6.07 Å². The Morgan fingerprint density at radius 3 is 2.65 bits per heavy atom. The van der Waals surface area contributed by atoms with E-state index in [9.17, 15) is 9.50 Å². The van der Waals surface area contributed by atoms with Crippen molar-refractivity contribution in [2.75, 3.05) is 6.61 Å². The molecule has 1 N–H and O–H groups in total. The van der Waals surface area contributed by atoms with Crippen molar-refractivity contribution in [3.63, 3.8) is 0 Å². The van der Waals surface area contributed by atoms with Gasteiger partial charge in [-0.25, -0.2) is 4.39 Å². The van der Waals surface area contributed by atoms with Crippen LogP contribution in [0.25, 0.3) is 0 Å². The molecule has 1 atom stereocenters. The quantitative estimate of drug-likeness (QED) is 0.827. The van der Waals surface area contributed by atoms with E-state index in [0.29, 0.717) is 23.4 Å². The number of aliphatic hydroxyl groups excluding tert-OH is 1. The Hall–Kier alpha value is -0.900. The van der Waals surface area contributed by atoms with Crippen molar-refractivity contribution in [2.45, 2.75) is 12.8 Å². The standard InChI is InChI=1S/C16H15BrClFO/c17-14-3-1-2-11(8-14)6-12(10-20)7-13-9-15(18)4-5-16(13)19/h1-5,8-9,12,20H,6-7,10H2. The lowest BCUT2D eigenvalue weighted by atomic mass is 9.93. The maximum Gasteiger partial charge on any atom is 0.126 e. The van der Waals surface area contributed by atoms with Crippen molar-refractivity contribution in [3.8, 4) is 0 Å². The third-order valence-electron chi connectivity index (χ3n) is 3.19. The van der Waals surface area contributed by atoms with E-state index in [4.69, 9.17) is 11.6 Å². The van der Waals surface area contributed by atoms with Gasteiger partial charge in [0.25, 0.3) is 0 Å². The van der Waals surface area contributed by atoms with Gasteiger partial charge in [0.05, 0.1) is 0 Å². The Morgan fingerprint density at radius 2 is 1.95 bits per heavy atom. The largest absolute Gasteiger partial charge is 0.396 e. The van der Waals surface area contributed by atoms with E-state index in [2.05, 4.69) is 15.9 Å². The smallest absolute Gasteiger partial charge is 0.126 e. The molecule has 1 nitrogen and oxygen atoms in total. The van der Waals surface area contributed by atoms with Crippen LogP contribution >= 0.6 is 27.5 Å². The van der Waals surface area contributed by atoms with Crippen molar-refractivity contribution in [2.24, 2.45) is 5.92 Å². The molecule has 0 spiro atoms. The fraction of sp³-hybridized carbons (Fsp3) is 0.250. The molecule has 0 aliphatic heterocycles. The van der Waals surface area contributed by atoms with Crippen LogP contribution in [0.4, 0.5) is 4.39 Å². The fourth-order valence-electron chi connectivity index (χ4n) is 2.21. The van der Waals surface area contributed by atoms with E-state index >= 15 is 0 Å². The van der Waals surface area contributed by atoms with Crippen LogP contribution in [0.1, 0.15) is 11.1 Å². The van der Waals surface area contributed by atoms with Crippen LogP contribution in [0.3, 0.4) is 0 Å². The summed E-state index contributed by atoms with van der Waals surface area (Å²) in [7, 11) is 0. The first kappa shape index (κ1) is 15.5. The molecule has 2 rings (SSSR count). The Morgan fingerprint density at radius 1 is 1.15 bits per heavy atom. The summed E-state index contributed by atoms with van der Waals surface area (Å²) in [5.41, 5.74) is 1.66. The van der Waals surface area contributed by atoms with E-state index in [1.807, 2.05) is 24.3 Å². The number of halogens is 3. The van der Waals surface area contributed by atoms with Gasteiger partial charge in [-0.2, -0.15) is 0 Å². The maximum absolute atomic E-state index is 13.7. The normalized spacial score (nSPS) is 12.4. The zero-order chi connectivity index (χ0) is 14.5. The Bertz CT molecular complexity index is 588. The molecule has 0 saturated carbocycles. The minimum absolute atomic E-state index is 0.0124. The molecule has 20 heavy (non-hydrogen) atoms. The highest BCUT2D eigenvalue weighted by atomic mass is 79.9. The monoisotopic (exact) mass is 356 g/mol. The lowest BCUT2D eigenvalue weighted by Crippen LogP contribution is -2.14. The molecule has 0 bridgehead atoms. The summed E-state index contributed by atoms with van der Waals surface area (Å²) in [6.45, 7) is 0.0124. The molecule has 1 unspecified atom stereocenters. The minimum atomic E-state index is -0.276. The second kappa shape index (κ2) is 7.21. The molecule has 0 radical (unpaired) electrons. The summed E-state index contributed by atoms with van der Waals surface area (Å²) >= 11 is 9.31. The second-order valence-electron chi connectivity index (χ2n) is 4.82. The Kier molecular flexibility index (Phi) is 5.58. The number of hydrogen-bond donors (Lipinski definition) is 1. The molecule has 2 aromatic rings. The number of benzene rings is 2. The van der Waals surface area contributed by atoms with Gasteiger partial charge in [-0.3, -0.25) is 0 Å². The molecule has 106 valence electrons. The van der Waals surface area contributed by atoms with Crippen molar-refractivity contribution in [1.29, 1.82) is 0 Å². The van der Waals surface area contributed by atoms with E-state index in [-0.39, 0.29) is 18.3 Å². The highest BCUT2D eigenvalue weighted by Gasteiger charge is 2.13. The van der Waals surface area contributed by atoms with Crippen molar-refractivity contribution < 1.29 is 9.50 Å². The molecule has 0 amide bonds. The predicted molar refractivity (Wildman–Crippen MR) is 83.5 cm³/mol. The topological polar surface area (TPSA) is 20.2 Å². The molecule has 0 heterocycles. The molecule has 2 aromatic carbocycles. The van der Waals surface area contributed by atoms with E-state index < -0.39 is 0 Å². The van der Waals surface area contributed by atoms with Crippen LogP contribution in [0.5, 0.6) is 0 Å². The summed E-state index contributed by atoms with van der Waals surface area (Å²) in [6.07, 6.45) is 1.16. The first-order valence-corrected chi connectivity index (χ1v) is 7.55. The summed E-state index contributed by atoms with van der Waals surface area (Å²) in [5, 5.41) is 10.0. The molecular weight excluding hydrogens is 343 g/mol. The molecule has 0 saturated heterocycles. The molecule has 0 aliphatic rings. The number of aliphatic hydroxyl groups is 1. The van der Waals surface area contributed by atoms with Gasteiger partial charge in [0.1, 0.15) is 5.82 Å². The van der Waals surface area contributed by atoms with E-state index in [1.165, 1.54) is 12.1 Å². The molecule has 0 aliphatic carbocycles. The SMILES string of the molecule is OCC(Cc1cccc(Br)c1)Cc1cc(Cl)ccc1F. The van der Waals surface area contributed by atoms with Gasteiger partial charge in [0, 0.05) is 16.1 Å². The van der Waals surface area contributed by atoms with E-state index in [0.717, 1.165) is 10.0 Å². The zero-order valence-electron chi connectivity index (χ0n) is 10.8. The van der Waals surface area contributed by atoms with Gasteiger partial charge in [-0.15, -0.1) is 0 Å². The lowest BCUT2D eigenvalue weighted by Gasteiger charge is -2.15. The van der Waals surface area contributed by atoms with Gasteiger partial charge in [-0.1, -0.05) is 39.7 Å². The summed E-state index contributed by atoms with van der Waals surface area (Å²) in [5.74, 6) is -0.306. The van der Waals surface area contributed by atoms with Crippen LogP contribution in [-0.2, 0) is 12.8 Å². The van der Waals surface area contributed by atoms with Gasteiger partial charge in [0.2, 0.25) is 0 Å². The highest BCUT2D eigenvalue weighted by Crippen LogP contribution is 2.21. The zero-order valence-corrected chi connectivity index (χ0v) is 13.2. The first-order chi connectivity index (χ1) is 9.58.